The first kappa shape index (κ1) is 18.9. The first-order valence-corrected chi connectivity index (χ1v) is 7.49. The van der Waals surface area contributed by atoms with E-state index >= 15 is 0 Å². The van der Waals surface area contributed by atoms with E-state index in [1.165, 1.54) is 0 Å². The van der Waals surface area contributed by atoms with Crippen molar-refractivity contribution in [2.24, 2.45) is 23.5 Å². The van der Waals surface area contributed by atoms with Crippen LogP contribution >= 0.6 is 0 Å². The molecule has 0 saturated carbocycles. The average Bonchev–Trinajstić information content (AvgIpc) is 2.31. The molecule has 0 aliphatic heterocycles. The number of hydrogen-bond donors (Lipinski definition) is 3. The number of carboxylic acids is 1. The molecular weight excluding hydrogens is 256 g/mol. The first-order valence-electron chi connectivity index (χ1n) is 7.49. The van der Waals surface area contributed by atoms with Gasteiger partial charge in [0.15, 0.2) is 0 Å². The quantitative estimate of drug-likeness (QED) is 0.572. The summed E-state index contributed by atoms with van der Waals surface area (Å²) in [4.78, 5) is 22.4. The summed E-state index contributed by atoms with van der Waals surface area (Å²) in [5.41, 5.74) is 5.80. The van der Waals surface area contributed by atoms with Crippen molar-refractivity contribution in [2.45, 2.75) is 59.4 Å². The van der Waals surface area contributed by atoms with Gasteiger partial charge in [0, 0.05) is 13.0 Å². The number of carboxylic acid groups (broad SMARTS) is 1. The molecule has 0 saturated heterocycles. The second-order valence-electron chi connectivity index (χ2n) is 6.25. The Morgan fingerprint density at radius 2 is 1.75 bits per heavy atom. The normalized spacial score (nSPS) is 14.3. The van der Waals surface area contributed by atoms with Crippen LogP contribution in [0.3, 0.4) is 0 Å². The van der Waals surface area contributed by atoms with Crippen LogP contribution < -0.4 is 11.1 Å². The molecule has 2 atom stereocenters. The molecule has 5 heteroatoms. The van der Waals surface area contributed by atoms with Gasteiger partial charge in [0.25, 0.3) is 0 Å². The SMILES string of the molecule is CC(C)CC(N)C(=O)NCCC(CCC(=O)O)C(C)C. The molecule has 0 fully saturated rings. The highest BCUT2D eigenvalue weighted by molar-refractivity contribution is 5.81. The van der Waals surface area contributed by atoms with Crippen LogP contribution in [-0.4, -0.2) is 29.6 Å². The number of nitrogens with one attached hydrogen (secondary N) is 1. The van der Waals surface area contributed by atoms with Crippen molar-refractivity contribution in [1.29, 1.82) is 0 Å². The fourth-order valence-corrected chi connectivity index (χ4v) is 2.25. The van der Waals surface area contributed by atoms with Crippen LogP contribution in [0.1, 0.15) is 53.4 Å². The molecule has 0 aliphatic carbocycles. The van der Waals surface area contributed by atoms with Crippen LogP contribution in [0.5, 0.6) is 0 Å². The predicted molar refractivity (Wildman–Crippen MR) is 80.3 cm³/mol. The molecule has 20 heavy (non-hydrogen) atoms. The van der Waals surface area contributed by atoms with Crippen molar-refractivity contribution >= 4 is 11.9 Å². The average molecular weight is 286 g/mol. The first-order chi connectivity index (χ1) is 9.23. The van der Waals surface area contributed by atoms with E-state index in [-0.39, 0.29) is 12.3 Å². The fraction of sp³-hybridized carbons (Fsp3) is 0.867. The molecular formula is C15H30N2O3. The number of hydrogen-bond acceptors (Lipinski definition) is 3. The molecule has 5 nitrogen and oxygen atoms in total. The van der Waals surface area contributed by atoms with E-state index in [1.54, 1.807) is 0 Å². The Bertz CT molecular complexity index is 303. The maximum atomic E-state index is 11.8. The van der Waals surface area contributed by atoms with Crippen LogP contribution in [0.2, 0.25) is 0 Å². The van der Waals surface area contributed by atoms with Crippen molar-refractivity contribution < 1.29 is 14.7 Å². The van der Waals surface area contributed by atoms with E-state index < -0.39 is 12.0 Å². The molecule has 0 radical (unpaired) electrons. The third kappa shape index (κ3) is 8.91. The minimum atomic E-state index is -0.765. The summed E-state index contributed by atoms with van der Waals surface area (Å²) in [7, 11) is 0. The molecule has 2 unspecified atom stereocenters. The lowest BCUT2D eigenvalue weighted by atomic mass is 9.88. The van der Waals surface area contributed by atoms with Gasteiger partial charge in [-0.2, -0.15) is 0 Å². The van der Waals surface area contributed by atoms with E-state index in [1.807, 2.05) is 13.8 Å². The number of rotatable bonds is 10. The molecule has 0 bridgehead atoms. The van der Waals surface area contributed by atoms with Gasteiger partial charge in [0.2, 0.25) is 5.91 Å². The second-order valence-corrected chi connectivity index (χ2v) is 6.25. The third-order valence-corrected chi connectivity index (χ3v) is 3.55. The highest BCUT2D eigenvalue weighted by Gasteiger charge is 2.17. The van der Waals surface area contributed by atoms with Crippen molar-refractivity contribution in [3.8, 4) is 0 Å². The fourth-order valence-electron chi connectivity index (χ4n) is 2.25. The minimum absolute atomic E-state index is 0.112. The molecule has 0 aromatic heterocycles. The Balaban J connectivity index is 4.04. The smallest absolute Gasteiger partial charge is 0.303 e. The zero-order chi connectivity index (χ0) is 15.7. The van der Waals surface area contributed by atoms with Gasteiger partial charge in [-0.3, -0.25) is 9.59 Å². The number of carbonyl (C=O) groups is 2. The summed E-state index contributed by atoms with van der Waals surface area (Å²) in [5.74, 6) is 0.246. The topological polar surface area (TPSA) is 92.4 Å². The van der Waals surface area contributed by atoms with Gasteiger partial charge in [0.1, 0.15) is 0 Å². The summed E-state index contributed by atoms with van der Waals surface area (Å²) in [5, 5.41) is 11.6. The lowest BCUT2D eigenvalue weighted by molar-refractivity contribution is -0.137. The zero-order valence-electron chi connectivity index (χ0n) is 13.2. The van der Waals surface area contributed by atoms with Crippen molar-refractivity contribution in [1.82, 2.24) is 5.32 Å². The highest BCUT2D eigenvalue weighted by atomic mass is 16.4. The van der Waals surface area contributed by atoms with Gasteiger partial charge in [-0.05, 0) is 37.0 Å². The van der Waals surface area contributed by atoms with E-state index in [0.29, 0.717) is 37.1 Å². The van der Waals surface area contributed by atoms with Gasteiger partial charge in [-0.25, -0.2) is 0 Å². The second kappa shape index (κ2) is 9.75. The van der Waals surface area contributed by atoms with E-state index in [9.17, 15) is 9.59 Å². The summed E-state index contributed by atoms with van der Waals surface area (Å²) in [6.07, 6.45) is 2.31. The summed E-state index contributed by atoms with van der Waals surface area (Å²) < 4.78 is 0. The lowest BCUT2D eigenvalue weighted by Crippen LogP contribution is -2.42. The van der Waals surface area contributed by atoms with Crippen molar-refractivity contribution in [3.63, 3.8) is 0 Å². The molecule has 0 heterocycles. The van der Waals surface area contributed by atoms with Crippen LogP contribution in [-0.2, 0) is 9.59 Å². The van der Waals surface area contributed by atoms with Crippen LogP contribution in [0.15, 0.2) is 0 Å². The molecule has 118 valence electrons. The van der Waals surface area contributed by atoms with E-state index in [0.717, 1.165) is 6.42 Å². The largest absolute Gasteiger partial charge is 0.481 e. The Morgan fingerprint density at radius 3 is 2.20 bits per heavy atom. The van der Waals surface area contributed by atoms with Crippen molar-refractivity contribution in [2.75, 3.05) is 6.54 Å². The van der Waals surface area contributed by atoms with Gasteiger partial charge in [-0.15, -0.1) is 0 Å². The Morgan fingerprint density at radius 1 is 1.15 bits per heavy atom. The molecule has 0 rings (SSSR count). The molecule has 4 N–H and O–H groups in total. The molecule has 0 aromatic rings. The highest BCUT2D eigenvalue weighted by Crippen LogP contribution is 2.20. The maximum Gasteiger partial charge on any atom is 0.303 e. The van der Waals surface area contributed by atoms with Crippen molar-refractivity contribution in [3.05, 3.63) is 0 Å². The van der Waals surface area contributed by atoms with Gasteiger partial charge in [0.05, 0.1) is 6.04 Å². The van der Waals surface area contributed by atoms with Crippen LogP contribution in [0.25, 0.3) is 0 Å². The predicted octanol–water partition coefficient (Wildman–Crippen LogP) is 2.00. The van der Waals surface area contributed by atoms with Crippen LogP contribution in [0.4, 0.5) is 0 Å². The summed E-state index contributed by atoms with van der Waals surface area (Å²) >= 11 is 0. The van der Waals surface area contributed by atoms with Gasteiger partial charge < -0.3 is 16.2 Å². The molecule has 0 aromatic carbocycles. The zero-order valence-corrected chi connectivity index (χ0v) is 13.2. The Hall–Kier alpha value is -1.10. The van der Waals surface area contributed by atoms with E-state index in [4.69, 9.17) is 10.8 Å². The number of amides is 1. The number of carbonyl (C=O) groups excluding carboxylic acids is 1. The standard InChI is InChI=1S/C15H30N2O3/c1-10(2)9-13(16)15(20)17-8-7-12(11(3)4)5-6-14(18)19/h10-13H,5-9,16H2,1-4H3,(H,17,20)(H,18,19). The van der Waals surface area contributed by atoms with Crippen LogP contribution in [0, 0.1) is 17.8 Å². The number of aliphatic carboxylic acids is 1. The minimum Gasteiger partial charge on any atom is -0.481 e. The van der Waals surface area contributed by atoms with Gasteiger partial charge in [-0.1, -0.05) is 27.7 Å². The summed E-state index contributed by atoms with van der Waals surface area (Å²) in [6, 6.07) is -0.452. The number of nitrogens with two attached hydrogens (primary N) is 1. The maximum absolute atomic E-state index is 11.8. The Kier molecular flexibility index (Phi) is 9.21. The molecule has 1 amide bonds. The summed E-state index contributed by atoms with van der Waals surface area (Å²) in [6.45, 7) is 8.80. The van der Waals surface area contributed by atoms with E-state index in [2.05, 4.69) is 19.2 Å². The van der Waals surface area contributed by atoms with Gasteiger partial charge >= 0.3 is 5.97 Å². The Labute approximate surface area is 122 Å². The monoisotopic (exact) mass is 286 g/mol. The molecule has 0 spiro atoms. The third-order valence-electron chi connectivity index (χ3n) is 3.55. The lowest BCUT2D eigenvalue weighted by Gasteiger charge is -2.21. The molecule has 0 aliphatic rings.